The molecule has 0 bridgehead atoms. The molecule has 0 unspecified atom stereocenters. The summed E-state index contributed by atoms with van der Waals surface area (Å²) in [6.45, 7) is 6.02. The maximum absolute atomic E-state index is 5.23. The molecule has 0 radical (unpaired) electrons. The van der Waals surface area contributed by atoms with Crippen LogP contribution in [0.2, 0.25) is 0 Å². The van der Waals surface area contributed by atoms with Crippen LogP contribution in [0.3, 0.4) is 0 Å². The average molecular weight is 337 g/mol. The van der Waals surface area contributed by atoms with Crippen LogP contribution in [0.4, 0.5) is 5.69 Å². The van der Waals surface area contributed by atoms with Gasteiger partial charge >= 0.3 is 0 Å². The van der Waals surface area contributed by atoms with E-state index in [1.165, 1.54) is 5.69 Å². The van der Waals surface area contributed by atoms with Gasteiger partial charge in [-0.05, 0) is 36.4 Å². The molecule has 1 fully saturated rings. The van der Waals surface area contributed by atoms with Gasteiger partial charge in [0.25, 0.3) is 0 Å². The van der Waals surface area contributed by atoms with Gasteiger partial charge in [0.1, 0.15) is 16.8 Å². The maximum atomic E-state index is 5.23. The van der Waals surface area contributed by atoms with Crippen molar-refractivity contribution in [1.29, 1.82) is 0 Å². The van der Waals surface area contributed by atoms with Gasteiger partial charge in [0.2, 0.25) is 0 Å². The smallest absolute Gasteiger partial charge is 0.119 e. The van der Waals surface area contributed by atoms with Crippen LogP contribution < -0.4 is 9.64 Å². The summed E-state index contributed by atoms with van der Waals surface area (Å²) in [6.07, 6.45) is 0. The number of hydrogen-bond acceptors (Lipinski definition) is 5. The molecule has 1 aromatic heterocycles. The number of hydrogen-bond donors (Lipinski definition) is 0. The molecule has 2 aromatic carbocycles. The lowest BCUT2D eigenvalue weighted by atomic mass is 10.2. The van der Waals surface area contributed by atoms with E-state index in [9.17, 15) is 0 Å². The second-order valence-corrected chi connectivity index (χ2v) is 6.31. The lowest BCUT2D eigenvalue weighted by Gasteiger charge is -2.36. The Kier molecular flexibility index (Phi) is 4.52. The molecule has 4 rings (SSSR count). The lowest BCUT2D eigenvalue weighted by Crippen LogP contribution is -2.47. The highest BCUT2D eigenvalue weighted by atomic mass is 16.5. The van der Waals surface area contributed by atoms with Gasteiger partial charge in [0, 0.05) is 38.4 Å². The molecule has 3 aromatic rings. The predicted octanol–water partition coefficient (Wildman–Crippen LogP) is 2.26. The third-order valence-corrected chi connectivity index (χ3v) is 4.75. The lowest BCUT2D eigenvalue weighted by molar-refractivity contribution is 0.240. The molecule has 1 aliphatic heterocycles. The van der Waals surface area contributed by atoms with E-state index in [1.54, 1.807) is 7.11 Å². The summed E-state index contributed by atoms with van der Waals surface area (Å²) in [5.74, 6) is 0.904. The van der Waals surface area contributed by atoms with Crippen molar-refractivity contribution in [3.63, 3.8) is 0 Å². The van der Waals surface area contributed by atoms with Crippen LogP contribution in [0, 0.1) is 0 Å². The van der Waals surface area contributed by atoms with Crippen molar-refractivity contribution < 1.29 is 4.74 Å². The zero-order valence-corrected chi connectivity index (χ0v) is 14.5. The van der Waals surface area contributed by atoms with E-state index in [4.69, 9.17) is 4.74 Å². The summed E-state index contributed by atoms with van der Waals surface area (Å²) in [4.78, 5) is 6.73. The summed E-state index contributed by atoms with van der Waals surface area (Å²) < 4.78 is 5.23. The van der Waals surface area contributed by atoms with Crippen LogP contribution in [0.1, 0.15) is 0 Å². The van der Waals surface area contributed by atoms with Crippen molar-refractivity contribution in [1.82, 2.24) is 19.9 Å². The molecule has 0 N–H and O–H groups in total. The monoisotopic (exact) mass is 337 g/mol. The maximum Gasteiger partial charge on any atom is 0.119 e. The first-order valence-electron chi connectivity index (χ1n) is 8.73. The Morgan fingerprint density at radius 3 is 2.08 bits per heavy atom. The zero-order chi connectivity index (χ0) is 17.1. The van der Waals surface area contributed by atoms with Gasteiger partial charge in [0.15, 0.2) is 0 Å². The van der Waals surface area contributed by atoms with Crippen molar-refractivity contribution in [2.45, 2.75) is 6.54 Å². The molecule has 1 aliphatic rings. The topological polar surface area (TPSA) is 46.4 Å². The molecule has 25 heavy (non-hydrogen) atoms. The standard InChI is InChI=1S/C19H23N5O/c1-25-17-8-6-16(7-9-17)23-13-10-22(11-14-23)12-15-24-20-18-4-2-3-5-19(18)21-24/h2-9H,10-15H2,1H3. The quantitative estimate of drug-likeness (QED) is 0.715. The largest absolute Gasteiger partial charge is 0.497 e. The van der Waals surface area contributed by atoms with E-state index in [0.717, 1.165) is 56.1 Å². The zero-order valence-electron chi connectivity index (χ0n) is 14.5. The number of aromatic nitrogens is 3. The number of nitrogens with zero attached hydrogens (tertiary/aromatic N) is 5. The fourth-order valence-electron chi connectivity index (χ4n) is 3.26. The van der Waals surface area contributed by atoms with Crippen LogP contribution >= 0.6 is 0 Å². The molecule has 130 valence electrons. The Labute approximate surface area is 147 Å². The average Bonchev–Trinajstić information content (AvgIpc) is 3.10. The number of ether oxygens (including phenoxy) is 1. The molecule has 0 atom stereocenters. The van der Waals surface area contributed by atoms with Gasteiger partial charge in [-0.25, -0.2) is 0 Å². The van der Waals surface area contributed by atoms with Gasteiger partial charge in [-0.3, -0.25) is 4.90 Å². The molecular formula is C19H23N5O. The van der Waals surface area contributed by atoms with E-state index < -0.39 is 0 Å². The van der Waals surface area contributed by atoms with Gasteiger partial charge < -0.3 is 9.64 Å². The number of rotatable bonds is 5. The minimum atomic E-state index is 0.831. The van der Waals surface area contributed by atoms with E-state index >= 15 is 0 Å². The van der Waals surface area contributed by atoms with Gasteiger partial charge in [-0.1, -0.05) is 12.1 Å². The third kappa shape index (κ3) is 3.58. The summed E-state index contributed by atoms with van der Waals surface area (Å²) >= 11 is 0. The van der Waals surface area contributed by atoms with Gasteiger partial charge in [-0.2, -0.15) is 15.0 Å². The first kappa shape index (κ1) is 15.9. The normalized spacial score (nSPS) is 15.6. The Hall–Kier alpha value is -2.60. The van der Waals surface area contributed by atoms with Crippen molar-refractivity contribution in [2.24, 2.45) is 0 Å². The fraction of sp³-hybridized carbons (Fsp3) is 0.368. The molecule has 0 spiro atoms. The van der Waals surface area contributed by atoms with Crippen LogP contribution in [-0.4, -0.2) is 59.7 Å². The number of methoxy groups -OCH3 is 1. The molecule has 2 heterocycles. The van der Waals surface area contributed by atoms with Crippen molar-refractivity contribution >= 4 is 16.7 Å². The fourth-order valence-corrected chi connectivity index (χ4v) is 3.26. The van der Waals surface area contributed by atoms with Gasteiger partial charge in [-0.15, -0.1) is 0 Å². The number of anilines is 1. The van der Waals surface area contributed by atoms with E-state index in [-0.39, 0.29) is 0 Å². The molecule has 0 amide bonds. The SMILES string of the molecule is COc1ccc(N2CCN(CCn3nc4ccccc4n3)CC2)cc1. The summed E-state index contributed by atoms with van der Waals surface area (Å²) in [5, 5.41) is 9.07. The number of benzene rings is 2. The van der Waals surface area contributed by atoms with Crippen LogP contribution in [0.15, 0.2) is 48.5 Å². The molecule has 1 saturated heterocycles. The van der Waals surface area contributed by atoms with Crippen molar-refractivity contribution in [2.75, 3.05) is 44.7 Å². The first-order chi connectivity index (χ1) is 12.3. The van der Waals surface area contributed by atoms with Crippen molar-refractivity contribution in [3.8, 4) is 5.75 Å². The third-order valence-electron chi connectivity index (χ3n) is 4.75. The van der Waals surface area contributed by atoms with E-state index in [2.05, 4.69) is 32.1 Å². The highest BCUT2D eigenvalue weighted by Gasteiger charge is 2.17. The Morgan fingerprint density at radius 2 is 1.48 bits per heavy atom. The molecular weight excluding hydrogens is 314 g/mol. The Balaban J connectivity index is 1.29. The number of piperazine rings is 1. The van der Waals surface area contributed by atoms with Crippen LogP contribution in [0.25, 0.3) is 11.0 Å². The minimum Gasteiger partial charge on any atom is -0.497 e. The Morgan fingerprint density at radius 1 is 0.840 bits per heavy atom. The second-order valence-electron chi connectivity index (χ2n) is 6.31. The molecule has 6 nitrogen and oxygen atoms in total. The van der Waals surface area contributed by atoms with Gasteiger partial charge in [0.05, 0.1) is 13.7 Å². The summed E-state index contributed by atoms with van der Waals surface area (Å²) in [5.41, 5.74) is 3.19. The van der Waals surface area contributed by atoms with Crippen molar-refractivity contribution in [3.05, 3.63) is 48.5 Å². The molecule has 0 saturated carbocycles. The highest BCUT2D eigenvalue weighted by Crippen LogP contribution is 2.20. The predicted molar refractivity (Wildman–Crippen MR) is 99.2 cm³/mol. The van der Waals surface area contributed by atoms with Crippen LogP contribution in [0.5, 0.6) is 5.75 Å². The van der Waals surface area contributed by atoms with E-state index in [1.807, 2.05) is 41.2 Å². The number of fused-ring (bicyclic) bond motifs is 1. The second kappa shape index (κ2) is 7.11. The summed E-state index contributed by atoms with van der Waals surface area (Å²) in [6, 6.07) is 16.3. The van der Waals surface area contributed by atoms with E-state index in [0.29, 0.717) is 0 Å². The Bertz CT molecular complexity index is 788. The highest BCUT2D eigenvalue weighted by molar-refractivity contribution is 5.72. The molecule has 6 heteroatoms. The van der Waals surface area contributed by atoms with Crippen LogP contribution in [-0.2, 0) is 6.54 Å². The first-order valence-corrected chi connectivity index (χ1v) is 8.73. The summed E-state index contributed by atoms with van der Waals surface area (Å²) in [7, 11) is 1.70. The minimum absolute atomic E-state index is 0.831. The molecule has 0 aliphatic carbocycles.